The number of nitrogens with one attached hydrogen (secondary N) is 2. The Hall–Kier alpha value is -2.26. The highest BCUT2D eigenvalue weighted by Crippen LogP contribution is 2.35. The number of ether oxygens (including phenoxy) is 3. The van der Waals surface area contributed by atoms with Gasteiger partial charge in [-0.05, 0) is 88.7 Å². The van der Waals surface area contributed by atoms with Crippen LogP contribution in [0.4, 0.5) is 9.59 Å². The van der Waals surface area contributed by atoms with Crippen LogP contribution in [0.2, 0.25) is 0 Å². The lowest BCUT2D eigenvalue weighted by atomic mass is 10.1. The molecule has 0 saturated heterocycles. The van der Waals surface area contributed by atoms with Gasteiger partial charge < -0.3 is 24.8 Å². The molecule has 0 spiro atoms. The van der Waals surface area contributed by atoms with E-state index >= 15 is 0 Å². The lowest BCUT2D eigenvalue weighted by Crippen LogP contribution is -2.33. The van der Waals surface area contributed by atoms with E-state index in [-0.39, 0.29) is 6.61 Å². The van der Waals surface area contributed by atoms with Crippen molar-refractivity contribution in [2.45, 2.75) is 45.8 Å². The van der Waals surface area contributed by atoms with E-state index in [1.54, 1.807) is 0 Å². The highest BCUT2D eigenvalue weighted by molar-refractivity contribution is 9.11. The summed E-state index contributed by atoms with van der Waals surface area (Å²) in [5.41, 5.74) is 1.45. The van der Waals surface area contributed by atoms with Crippen LogP contribution < -0.4 is 15.4 Å². The molecule has 0 saturated carbocycles. The monoisotopic (exact) mass is 584 g/mol. The second-order valence-corrected chi connectivity index (χ2v) is 9.97. The van der Waals surface area contributed by atoms with Gasteiger partial charge in [-0.1, -0.05) is 30.3 Å². The van der Waals surface area contributed by atoms with Crippen LogP contribution in [-0.2, 0) is 22.5 Å². The first-order chi connectivity index (χ1) is 15.6. The zero-order valence-corrected chi connectivity index (χ0v) is 22.3. The van der Waals surface area contributed by atoms with Gasteiger partial charge in [0.05, 0.1) is 15.6 Å². The Bertz CT molecular complexity index is 894. The maximum Gasteiger partial charge on any atom is 0.407 e. The smallest absolute Gasteiger partial charge is 0.407 e. The van der Waals surface area contributed by atoms with Gasteiger partial charge in [0.25, 0.3) is 0 Å². The Morgan fingerprint density at radius 1 is 0.909 bits per heavy atom. The molecule has 2 rings (SSSR count). The zero-order valence-electron chi connectivity index (χ0n) is 19.1. The number of alkyl carbamates (subject to hydrolysis) is 2. The molecule has 7 nitrogen and oxygen atoms in total. The van der Waals surface area contributed by atoms with E-state index in [4.69, 9.17) is 14.2 Å². The molecule has 0 aliphatic heterocycles. The highest BCUT2D eigenvalue weighted by atomic mass is 79.9. The van der Waals surface area contributed by atoms with Crippen LogP contribution in [0.1, 0.15) is 38.3 Å². The van der Waals surface area contributed by atoms with Crippen molar-refractivity contribution < 1.29 is 23.8 Å². The summed E-state index contributed by atoms with van der Waals surface area (Å²) in [4.78, 5) is 23.5. The van der Waals surface area contributed by atoms with Gasteiger partial charge in [0.15, 0.2) is 0 Å². The summed E-state index contributed by atoms with van der Waals surface area (Å²) in [6.45, 7) is 7.05. The largest absolute Gasteiger partial charge is 0.491 e. The van der Waals surface area contributed by atoms with Crippen LogP contribution in [0.25, 0.3) is 0 Å². The van der Waals surface area contributed by atoms with Gasteiger partial charge in [-0.3, -0.25) is 0 Å². The fraction of sp³-hybridized carbons (Fsp3) is 0.417. The molecule has 0 fully saturated rings. The summed E-state index contributed by atoms with van der Waals surface area (Å²) in [5.74, 6) is 0.686. The maximum atomic E-state index is 11.8. The van der Waals surface area contributed by atoms with Crippen molar-refractivity contribution in [3.63, 3.8) is 0 Å². The average molecular weight is 586 g/mol. The standard InChI is InChI=1S/C24H30Br2N2O5/c1-24(2,3)33-23(30)28-12-10-18-14-19(25)21(20(26)15-18)31-13-7-11-27-22(29)32-16-17-8-5-4-6-9-17/h4-6,8-9,14-15H,7,10-13,16H2,1-3H3,(H,27,29)(H,28,30). The number of hydrogen-bond acceptors (Lipinski definition) is 5. The van der Waals surface area contributed by atoms with Crippen molar-refractivity contribution in [2.24, 2.45) is 0 Å². The Morgan fingerprint density at radius 2 is 1.55 bits per heavy atom. The molecule has 2 aromatic carbocycles. The lowest BCUT2D eigenvalue weighted by Gasteiger charge is -2.19. The van der Waals surface area contributed by atoms with Crippen LogP contribution in [0.5, 0.6) is 5.75 Å². The predicted octanol–water partition coefficient (Wildman–Crippen LogP) is 5.97. The minimum absolute atomic E-state index is 0.239. The molecule has 2 amide bonds. The second kappa shape index (κ2) is 13.4. The predicted molar refractivity (Wildman–Crippen MR) is 135 cm³/mol. The number of amides is 2. The molecule has 0 radical (unpaired) electrons. The first-order valence-corrected chi connectivity index (χ1v) is 12.2. The third-order valence-electron chi connectivity index (χ3n) is 4.19. The summed E-state index contributed by atoms with van der Waals surface area (Å²) in [6, 6.07) is 13.4. The number of hydrogen-bond donors (Lipinski definition) is 2. The normalized spacial score (nSPS) is 10.9. The van der Waals surface area contributed by atoms with E-state index < -0.39 is 17.8 Å². The van der Waals surface area contributed by atoms with E-state index in [0.29, 0.717) is 38.3 Å². The molecule has 2 aromatic rings. The molecule has 0 atom stereocenters. The van der Waals surface area contributed by atoms with Gasteiger partial charge in [-0.15, -0.1) is 0 Å². The van der Waals surface area contributed by atoms with Gasteiger partial charge in [0.2, 0.25) is 0 Å². The van der Waals surface area contributed by atoms with Crippen molar-refractivity contribution in [1.82, 2.24) is 10.6 Å². The van der Waals surface area contributed by atoms with E-state index in [9.17, 15) is 9.59 Å². The molecule has 9 heteroatoms. The van der Waals surface area contributed by atoms with Crippen LogP contribution in [0.15, 0.2) is 51.4 Å². The first-order valence-electron chi connectivity index (χ1n) is 10.7. The summed E-state index contributed by atoms with van der Waals surface area (Å²) in [6.07, 6.45) is 0.385. The molecule has 180 valence electrons. The van der Waals surface area contributed by atoms with Gasteiger partial charge >= 0.3 is 12.2 Å². The molecule has 0 heterocycles. The molecule has 0 aliphatic rings. The molecular formula is C24H30Br2N2O5. The van der Waals surface area contributed by atoms with E-state index in [1.165, 1.54) is 0 Å². The lowest BCUT2D eigenvalue weighted by molar-refractivity contribution is 0.0528. The van der Waals surface area contributed by atoms with Crippen LogP contribution >= 0.6 is 31.9 Å². The van der Waals surface area contributed by atoms with Crippen molar-refractivity contribution in [1.29, 1.82) is 0 Å². The fourth-order valence-corrected chi connectivity index (χ4v) is 4.24. The van der Waals surface area contributed by atoms with Crippen LogP contribution in [0, 0.1) is 0 Å². The molecule has 0 aromatic heterocycles. The second-order valence-electron chi connectivity index (χ2n) is 8.26. The van der Waals surface area contributed by atoms with E-state index in [2.05, 4.69) is 42.5 Å². The SMILES string of the molecule is CC(C)(C)OC(=O)NCCc1cc(Br)c(OCCCNC(=O)OCc2ccccc2)c(Br)c1. The summed E-state index contributed by atoms with van der Waals surface area (Å²) >= 11 is 7.07. The zero-order chi connectivity index (χ0) is 24.3. The van der Waals surface area contributed by atoms with E-state index in [1.807, 2.05) is 63.2 Å². The van der Waals surface area contributed by atoms with Gasteiger partial charge in [0, 0.05) is 13.1 Å². The first kappa shape index (κ1) is 27.0. The summed E-state index contributed by atoms with van der Waals surface area (Å²) in [7, 11) is 0. The minimum atomic E-state index is -0.521. The quantitative estimate of drug-likeness (QED) is 0.335. The molecule has 0 unspecified atom stereocenters. The van der Waals surface area contributed by atoms with E-state index in [0.717, 1.165) is 20.1 Å². The van der Waals surface area contributed by atoms with Crippen LogP contribution in [0.3, 0.4) is 0 Å². The number of halogens is 2. The number of carbonyl (C=O) groups is 2. The Labute approximate surface area is 211 Å². The molecule has 2 N–H and O–H groups in total. The fourth-order valence-electron chi connectivity index (χ4n) is 2.73. The molecular weight excluding hydrogens is 556 g/mol. The molecule has 0 aliphatic carbocycles. The Kier molecular flexibility index (Phi) is 11.0. The van der Waals surface area contributed by atoms with Crippen molar-refractivity contribution in [3.05, 3.63) is 62.5 Å². The molecule has 0 bridgehead atoms. The molecule has 33 heavy (non-hydrogen) atoms. The van der Waals surface area contributed by atoms with Crippen molar-refractivity contribution >= 4 is 44.0 Å². The summed E-state index contributed by atoms with van der Waals surface area (Å²) in [5, 5.41) is 5.46. The third kappa shape index (κ3) is 10.9. The number of rotatable bonds is 10. The van der Waals surface area contributed by atoms with Crippen LogP contribution in [-0.4, -0.2) is 37.5 Å². The van der Waals surface area contributed by atoms with Gasteiger partial charge in [-0.25, -0.2) is 9.59 Å². The van der Waals surface area contributed by atoms with Gasteiger partial charge in [0.1, 0.15) is 18.0 Å². The maximum absolute atomic E-state index is 11.8. The Morgan fingerprint density at radius 3 is 2.18 bits per heavy atom. The van der Waals surface area contributed by atoms with Gasteiger partial charge in [-0.2, -0.15) is 0 Å². The van der Waals surface area contributed by atoms with Crippen molar-refractivity contribution in [3.8, 4) is 5.75 Å². The van der Waals surface area contributed by atoms with Crippen molar-refractivity contribution in [2.75, 3.05) is 19.7 Å². The number of carbonyl (C=O) groups excluding carboxylic acids is 2. The highest BCUT2D eigenvalue weighted by Gasteiger charge is 2.16. The minimum Gasteiger partial charge on any atom is -0.491 e. The third-order valence-corrected chi connectivity index (χ3v) is 5.37. The summed E-state index contributed by atoms with van der Waals surface area (Å²) < 4.78 is 17.9. The average Bonchev–Trinajstić information content (AvgIpc) is 2.73. The topological polar surface area (TPSA) is 85.9 Å². The Balaban J connectivity index is 1.68. The number of benzene rings is 2.